The highest BCUT2D eigenvalue weighted by molar-refractivity contribution is 7.89. The Morgan fingerprint density at radius 3 is 2.58 bits per heavy atom. The van der Waals surface area contributed by atoms with Crippen LogP contribution in [0.15, 0.2) is 23.1 Å². The molecule has 0 amide bonds. The van der Waals surface area contributed by atoms with Gasteiger partial charge in [-0.05, 0) is 37.8 Å². The molecule has 3 rings (SSSR count). The van der Waals surface area contributed by atoms with E-state index >= 15 is 0 Å². The van der Waals surface area contributed by atoms with Crippen LogP contribution in [0.25, 0.3) is 0 Å². The smallest absolute Gasteiger partial charge is 0.243 e. The molecule has 1 aromatic carbocycles. The zero-order chi connectivity index (χ0) is 13.8. The molecule has 1 saturated heterocycles. The van der Waals surface area contributed by atoms with E-state index in [4.69, 9.17) is 0 Å². The number of aliphatic hydroxyl groups is 1. The molecule has 0 bridgehead atoms. The van der Waals surface area contributed by atoms with Crippen LogP contribution in [-0.2, 0) is 10.0 Å². The molecule has 5 heteroatoms. The topological polar surface area (TPSA) is 57.6 Å². The molecule has 1 aromatic rings. The van der Waals surface area contributed by atoms with Crippen LogP contribution in [0.1, 0.15) is 17.5 Å². The van der Waals surface area contributed by atoms with Crippen molar-refractivity contribution in [1.29, 1.82) is 0 Å². The van der Waals surface area contributed by atoms with Crippen LogP contribution in [0, 0.1) is 25.7 Å². The van der Waals surface area contributed by atoms with Crippen molar-refractivity contribution in [2.24, 2.45) is 11.8 Å². The Kier molecular flexibility index (Phi) is 2.96. The van der Waals surface area contributed by atoms with E-state index in [1.54, 1.807) is 6.07 Å². The lowest BCUT2D eigenvalue weighted by Crippen LogP contribution is -2.39. The molecular formula is C14H19NO3S. The van der Waals surface area contributed by atoms with E-state index in [2.05, 4.69) is 0 Å². The summed E-state index contributed by atoms with van der Waals surface area (Å²) in [6, 6.07) is 5.42. The van der Waals surface area contributed by atoms with Crippen molar-refractivity contribution < 1.29 is 13.5 Å². The third kappa shape index (κ3) is 2.00. The summed E-state index contributed by atoms with van der Waals surface area (Å²) >= 11 is 0. The standard InChI is InChI=1S/C14H19NO3S/c1-9-3-4-14(10(2)5-9)19(17,18)15-7-11-6-13(16)12(11)8-15/h3-5,11-13,16H,6-8H2,1-2H3/t11-,12+,13-/m1/s1. The quantitative estimate of drug-likeness (QED) is 0.889. The number of hydrogen-bond acceptors (Lipinski definition) is 3. The molecule has 1 N–H and O–H groups in total. The van der Waals surface area contributed by atoms with Gasteiger partial charge >= 0.3 is 0 Å². The minimum Gasteiger partial charge on any atom is -0.393 e. The van der Waals surface area contributed by atoms with Gasteiger partial charge in [0.2, 0.25) is 10.0 Å². The predicted octanol–water partition coefficient (Wildman–Crippen LogP) is 1.30. The van der Waals surface area contributed by atoms with Crippen LogP contribution in [-0.4, -0.2) is 37.0 Å². The molecule has 2 fully saturated rings. The highest BCUT2D eigenvalue weighted by atomic mass is 32.2. The third-order valence-corrected chi connectivity index (χ3v) is 6.44. The molecule has 1 aliphatic carbocycles. The molecule has 2 aliphatic rings. The third-order valence-electron chi connectivity index (χ3n) is 4.44. The van der Waals surface area contributed by atoms with E-state index in [-0.39, 0.29) is 12.0 Å². The lowest BCUT2D eigenvalue weighted by atomic mass is 9.74. The van der Waals surface area contributed by atoms with Crippen molar-refractivity contribution in [3.8, 4) is 0 Å². The van der Waals surface area contributed by atoms with Crippen LogP contribution in [0.3, 0.4) is 0 Å². The first-order valence-electron chi connectivity index (χ1n) is 6.65. The van der Waals surface area contributed by atoms with Gasteiger partial charge < -0.3 is 5.11 Å². The summed E-state index contributed by atoms with van der Waals surface area (Å²) in [5.41, 5.74) is 1.85. The van der Waals surface area contributed by atoms with Gasteiger partial charge in [-0.1, -0.05) is 17.7 Å². The predicted molar refractivity (Wildman–Crippen MR) is 72.3 cm³/mol. The molecule has 19 heavy (non-hydrogen) atoms. The summed E-state index contributed by atoms with van der Waals surface area (Å²) in [4.78, 5) is 0.397. The van der Waals surface area contributed by atoms with Gasteiger partial charge in [-0.2, -0.15) is 4.31 Å². The minimum atomic E-state index is -3.41. The van der Waals surface area contributed by atoms with Crippen LogP contribution < -0.4 is 0 Å². The van der Waals surface area contributed by atoms with Crippen molar-refractivity contribution in [1.82, 2.24) is 4.31 Å². The van der Waals surface area contributed by atoms with E-state index < -0.39 is 10.0 Å². The van der Waals surface area contributed by atoms with E-state index in [1.807, 2.05) is 26.0 Å². The van der Waals surface area contributed by atoms with Crippen LogP contribution in [0.4, 0.5) is 0 Å². The van der Waals surface area contributed by atoms with E-state index in [1.165, 1.54) is 4.31 Å². The summed E-state index contributed by atoms with van der Waals surface area (Å²) in [7, 11) is -3.41. The van der Waals surface area contributed by atoms with E-state index in [0.29, 0.717) is 23.9 Å². The number of nitrogens with zero attached hydrogens (tertiary/aromatic N) is 1. The van der Waals surface area contributed by atoms with Gasteiger partial charge in [-0.3, -0.25) is 0 Å². The van der Waals surface area contributed by atoms with Gasteiger partial charge in [-0.15, -0.1) is 0 Å². The fourth-order valence-corrected chi connectivity index (χ4v) is 4.99. The zero-order valence-electron chi connectivity index (χ0n) is 11.2. The summed E-state index contributed by atoms with van der Waals surface area (Å²) < 4.78 is 26.8. The first-order valence-corrected chi connectivity index (χ1v) is 8.09. The normalized spacial score (nSPS) is 31.0. The summed E-state index contributed by atoms with van der Waals surface area (Å²) in [6.45, 7) is 4.80. The maximum absolute atomic E-state index is 12.6. The Bertz CT molecular complexity index is 611. The van der Waals surface area contributed by atoms with Gasteiger partial charge in [-0.25, -0.2) is 8.42 Å². The van der Waals surface area contributed by atoms with Gasteiger partial charge in [0.1, 0.15) is 0 Å². The molecule has 1 saturated carbocycles. The highest BCUT2D eigenvalue weighted by Gasteiger charge is 2.49. The molecule has 1 heterocycles. The average molecular weight is 281 g/mol. The van der Waals surface area contributed by atoms with E-state index in [9.17, 15) is 13.5 Å². The van der Waals surface area contributed by atoms with Gasteiger partial charge in [0.25, 0.3) is 0 Å². The molecule has 1 aliphatic heterocycles. The molecule has 0 unspecified atom stereocenters. The van der Waals surface area contributed by atoms with Crippen molar-refractivity contribution in [2.45, 2.75) is 31.3 Å². The number of aryl methyl sites for hydroxylation is 2. The Morgan fingerprint density at radius 1 is 1.26 bits per heavy atom. The fourth-order valence-electron chi connectivity index (χ4n) is 3.25. The van der Waals surface area contributed by atoms with Gasteiger partial charge in [0.15, 0.2) is 0 Å². The average Bonchev–Trinajstić information content (AvgIpc) is 2.66. The monoisotopic (exact) mass is 281 g/mol. The number of sulfonamides is 1. The van der Waals surface area contributed by atoms with Crippen molar-refractivity contribution in [3.05, 3.63) is 29.3 Å². The fraction of sp³-hybridized carbons (Fsp3) is 0.571. The largest absolute Gasteiger partial charge is 0.393 e. The lowest BCUT2D eigenvalue weighted by Gasteiger charge is -2.34. The van der Waals surface area contributed by atoms with Gasteiger partial charge in [0, 0.05) is 19.0 Å². The summed E-state index contributed by atoms with van der Waals surface area (Å²) in [5.74, 6) is 0.482. The second-order valence-corrected chi connectivity index (χ2v) is 7.72. The molecule has 4 nitrogen and oxygen atoms in total. The van der Waals surface area contributed by atoms with Crippen LogP contribution >= 0.6 is 0 Å². The maximum Gasteiger partial charge on any atom is 0.243 e. The number of benzene rings is 1. The Balaban J connectivity index is 1.91. The summed E-state index contributed by atoms with van der Waals surface area (Å²) in [5, 5.41) is 9.64. The Labute approximate surface area is 114 Å². The molecule has 3 atom stereocenters. The first kappa shape index (κ1) is 13.1. The van der Waals surface area contributed by atoms with Crippen molar-refractivity contribution >= 4 is 10.0 Å². The van der Waals surface area contributed by atoms with Crippen LogP contribution in [0.2, 0.25) is 0 Å². The summed E-state index contributed by atoms with van der Waals surface area (Å²) in [6.07, 6.45) is 0.424. The number of fused-ring (bicyclic) bond motifs is 1. The number of rotatable bonds is 2. The molecule has 0 spiro atoms. The molecule has 0 aromatic heterocycles. The SMILES string of the molecule is Cc1ccc(S(=O)(=O)N2C[C@H]3C[C@@H](O)[C@H]3C2)c(C)c1. The van der Waals surface area contributed by atoms with E-state index in [0.717, 1.165) is 17.5 Å². The number of hydrogen-bond donors (Lipinski definition) is 1. The molecule has 0 radical (unpaired) electrons. The zero-order valence-corrected chi connectivity index (χ0v) is 12.0. The maximum atomic E-state index is 12.6. The molecular weight excluding hydrogens is 262 g/mol. The second kappa shape index (κ2) is 4.30. The highest BCUT2D eigenvalue weighted by Crippen LogP contribution is 2.42. The van der Waals surface area contributed by atoms with Crippen molar-refractivity contribution in [2.75, 3.05) is 13.1 Å². The van der Waals surface area contributed by atoms with Crippen molar-refractivity contribution in [3.63, 3.8) is 0 Å². The Morgan fingerprint density at radius 2 is 2.00 bits per heavy atom. The number of aliphatic hydroxyl groups excluding tert-OH is 1. The first-order chi connectivity index (χ1) is 8.89. The van der Waals surface area contributed by atoms with Gasteiger partial charge in [0.05, 0.1) is 11.0 Å². The lowest BCUT2D eigenvalue weighted by molar-refractivity contribution is -0.00416. The minimum absolute atomic E-state index is 0.139. The van der Waals surface area contributed by atoms with Crippen LogP contribution in [0.5, 0.6) is 0 Å². The molecule has 104 valence electrons. The Hall–Kier alpha value is -0.910. The second-order valence-electron chi connectivity index (χ2n) is 5.82.